The van der Waals surface area contributed by atoms with Gasteiger partial charge in [0.1, 0.15) is 5.75 Å². The third-order valence-electron chi connectivity index (χ3n) is 5.42. The second-order valence-electron chi connectivity index (χ2n) is 7.69. The van der Waals surface area contributed by atoms with Crippen molar-refractivity contribution >= 4 is 22.4 Å². The number of likely N-dealkylation sites (tertiary alicyclic amines) is 1. The minimum Gasteiger partial charge on any atom is -0.494 e. The summed E-state index contributed by atoms with van der Waals surface area (Å²) in [5.74, 6) is 0.759. The molecule has 7 heteroatoms. The molecular formula is C22H31N3O3S. The molecule has 1 aliphatic rings. The first-order valence-corrected chi connectivity index (χ1v) is 11.0. The highest BCUT2D eigenvalue weighted by atomic mass is 32.1. The number of rotatable bonds is 9. The zero-order valence-electron chi connectivity index (χ0n) is 17.6. The van der Waals surface area contributed by atoms with Crippen LogP contribution >= 0.6 is 11.3 Å². The van der Waals surface area contributed by atoms with E-state index >= 15 is 0 Å². The standard InChI is InChI=1S/C22H31N3O3S/c1-4-27-20(26)22(12-15-28-18-8-6-5-7-9-18)10-13-25(14-11-22)17-19-16-23-21(29-19)24(2)3/h5-9,16H,4,10-15,17H2,1-3H3. The van der Waals surface area contributed by atoms with Crippen molar-refractivity contribution in [1.29, 1.82) is 0 Å². The van der Waals surface area contributed by atoms with Gasteiger partial charge in [0.2, 0.25) is 0 Å². The molecule has 6 nitrogen and oxygen atoms in total. The van der Waals surface area contributed by atoms with Gasteiger partial charge in [-0.25, -0.2) is 4.98 Å². The lowest BCUT2D eigenvalue weighted by Crippen LogP contribution is -2.45. The number of nitrogens with zero attached hydrogens (tertiary/aromatic N) is 3. The number of para-hydroxylation sites is 1. The number of aromatic nitrogens is 1. The Morgan fingerprint density at radius 1 is 1.24 bits per heavy atom. The van der Waals surface area contributed by atoms with Crippen LogP contribution in [0.15, 0.2) is 36.5 Å². The van der Waals surface area contributed by atoms with Gasteiger partial charge in [-0.3, -0.25) is 9.69 Å². The maximum atomic E-state index is 12.8. The molecule has 0 N–H and O–H groups in total. The van der Waals surface area contributed by atoms with E-state index in [2.05, 4.69) is 9.88 Å². The summed E-state index contributed by atoms with van der Waals surface area (Å²) in [7, 11) is 4.02. The molecule has 0 unspecified atom stereocenters. The normalized spacial score (nSPS) is 16.4. The third kappa shape index (κ3) is 5.70. The number of anilines is 1. The molecule has 1 saturated heterocycles. The van der Waals surface area contributed by atoms with E-state index < -0.39 is 5.41 Å². The summed E-state index contributed by atoms with van der Waals surface area (Å²) < 4.78 is 11.3. The molecule has 2 heterocycles. The molecule has 0 atom stereocenters. The van der Waals surface area contributed by atoms with E-state index in [1.807, 2.05) is 62.4 Å². The fourth-order valence-electron chi connectivity index (χ4n) is 3.66. The van der Waals surface area contributed by atoms with Crippen LogP contribution < -0.4 is 9.64 Å². The van der Waals surface area contributed by atoms with E-state index in [-0.39, 0.29) is 5.97 Å². The topological polar surface area (TPSA) is 54.9 Å². The van der Waals surface area contributed by atoms with E-state index in [1.165, 1.54) is 4.88 Å². The first-order chi connectivity index (χ1) is 14.0. The first kappa shape index (κ1) is 21.6. The number of esters is 1. The van der Waals surface area contributed by atoms with E-state index in [4.69, 9.17) is 9.47 Å². The number of ether oxygens (including phenoxy) is 2. The monoisotopic (exact) mass is 417 g/mol. The van der Waals surface area contributed by atoms with Gasteiger partial charge in [0.25, 0.3) is 0 Å². The number of hydrogen-bond donors (Lipinski definition) is 0. The Labute approximate surface area is 177 Å². The van der Waals surface area contributed by atoms with Crippen LogP contribution in [0.25, 0.3) is 0 Å². The molecule has 3 rings (SSSR count). The zero-order chi connectivity index (χ0) is 20.7. The van der Waals surface area contributed by atoms with Gasteiger partial charge < -0.3 is 14.4 Å². The van der Waals surface area contributed by atoms with Crippen LogP contribution in [-0.2, 0) is 16.1 Å². The van der Waals surface area contributed by atoms with E-state index in [0.29, 0.717) is 19.6 Å². The largest absolute Gasteiger partial charge is 0.494 e. The smallest absolute Gasteiger partial charge is 0.312 e. The lowest BCUT2D eigenvalue weighted by Gasteiger charge is -2.39. The van der Waals surface area contributed by atoms with Crippen LogP contribution in [0.3, 0.4) is 0 Å². The molecule has 2 aromatic rings. The van der Waals surface area contributed by atoms with Crippen LogP contribution in [0.4, 0.5) is 5.13 Å². The molecule has 0 saturated carbocycles. The number of carbonyl (C=O) groups is 1. The van der Waals surface area contributed by atoms with Crippen molar-refractivity contribution < 1.29 is 14.3 Å². The zero-order valence-corrected chi connectivity index (χ0v) is 18.4. The van der Waals surface area contributed by atoms with Crippen molar-refractivity contribution in [3.63, 3.8) is 0 Å². The minimum absolute atomic E-state index is 0.0796. The fourth-order valence-corrected chi connectivity index (χ4v) is 4.53. The van der Waals surface area contributed by atoms with Crippen LogP contribution in [0.2, 0.25) is 0 Å². The van der Waals surface area contributed by atoms with Crippen LogP contribution in [0.1, 0.15) is 31.1 Å². The molecule has 0 amide bonds. The molecule has 0 radical (unpaired) electrons. The van der Waals surface area contributed by atoms with Crippen molar-refractivity contribution in [1.82, 2.24) is 9.88 Å². The Morgan fingerprint density at radius 3 is 2.59 bits per heavy atom. The summed E-state index contributed by atoms with van der Waals surface area (Å²) in [6.45, 7) is 5.43. The van der Waals surface area contributed by atoms with Crippen LogP contribution in [0, 0.1) is 5.41 Å². The number of thiazole rings is 1. The SMILES string of the molecule is CCOC(=O)C1(CCOc2ccccc2)CCN(Cc2cnc(N(C)C)s2)CC1. The lowest BCUT2D eigenvalue weighted by atomic mass is 9.75. The highest BCUT2D eigenvalue weighted by molar-refractivity contribution is 7.15. The number of piperidine rings is 1. The molecule has 158 valence electrons. The van der Waals surface area contributed by atoms with Crippen molar-refractivity contribution in [2.45, 2.75) is 32.7 Å². The van der Waals surface area contributed by atoms with Gasteiger partial charge in [0, 0.05) is 31.7 Å². The maximum absolute atomic E-state index is 12.8. The van der Waals surface area contributed by atoms with Gasteiger partial charge in [0.15, 0.2) is 5.13 Å². The van der Waals surface area contributed by atoms with Crippen LogP contribution in [-0.4, -0.2) is 56.3 Å². The van der Waals surface area contributed by atoms with Crippen molar-refractivity contribution in [3.8, 4) is 5.75 Å². The van der Waals surface area contributed by atoms with Gasteiger partial charge >= 0.3 is 5.97 Å². The summed E-state index contributed by atoms with van der Waals surface area (Å²) in [4.78, 5) is 22.9. The van der Waals surface area contributed by atoms with Crippen molar-refractivity contribution in [2.24, 2.45) is 5.41 Å². The minimum atomic E-state index is -0.455. The predicted octanol–water partition coefficient (Wildman–Crippen LogP) is 3.82. The molecule has 1 aliphatic heterocycles. The molecule has 0 aliphatic carbocycles. The predicted molar refractivity (Wildman–Crippen MR) is 117 cm³/mol. The summed E-state index contributed by atoms with van der Waals surface area (Å²) in [6.07, 6.45) is 4.23. The first-order valence-electron chi connectivity index (χ1n) is 10.2. The molecule has 0 spiro atoms. The highest BCUT2D eigenvalue weighted by Gasteiger charge is 2.42. The Bertz CT molecular complexity index is 771. The van der Waals surface area contributed by atoms with Gasteiger partial charge in [-0.2, -0.15) is 0 Å². The lowest BCUT2D eigenvalue weighted by molar-refractivity contribution is -0.159. The average Bonchev–Trinajstić information content (AvgIpc) is 3.19. The summed E-state index contributed by atoms with van der Waals surface area (Å²) in [5.41, 5.74) is -0.455. The molecule has 1 aromatic carbocycles. The summed E-state index contributed by atoms with van der Waals surface area (Å²) >= 11 is 1.72. The van der Waals surface area contributed by atoms with E-state index in [1.54, 1.807) is 11.3 Å². The molecule has 1 fully saturated rings. The summed E-state index contributed by atoms with van der Waals surface area (Å²) in [5, 5.41) is 1.02. The number of benzene rings is 1. The average molecular weight is 418 g/mol. The molecule has 29 heavy (non-hydrogen) atoms. The maximum Gasteiger partial charge on any atom is 0.312 e. The number of carbonyl (C=O) groups excluding carboxylic acids is 1. The van der Waals surface area contributed by atoms with Crippen molar-refractivity contribution in [3.05, 3.63) is 41.4 Å². The van der Waals surface area contributed by atoms with Gasteiger partial charge in [-0.1, -0.05) is 18.2 Å². The Morgan fingerprint density at radius 2 is 1.97 bits per heavy atom. The van der Waals surface area contributed by atoms with Gasteiger partial charge in [-0.05, 0) is 51.4 Å². The van der Waals surface area contributed by atoms with E-state index in [9.17, 15) is 4.79 Å². The fraction of sp³-hybridized carbons (Fsp3) is 0.545. The quantitative estimate of drug-likeness (QED) is 0.578. The Kier molecular flexibility index (Phi) is 7.50. The van der Waals surface area contributed by atoms with Gasteiger partial charge in [0.05, 0.1) is 18.6 Å². The third-order valence-corrected chi connectivity index (χ3v) is 6.57. The molecule has 1 aromatic heterocycles. The Hall–Kier alpha value is -2.12. The molecular weight excluding hydrogens is 386 g/mol. The Balaban J connectivity index is 1.57. The highest BCUT2D eigenvalue weighted by Crippen LogP contribution is 2.37. The van der Waals surface area contributed by atoms with Crippen LogP contribution in [0.5, 0.6) is 5.75 Å². The number of hydrogen-bond acceptors (Lipinski definition) is 7. The summed E-state index contributed by atoms with van der Waals surface area (Å²) in [6, 6.07) is 9.76. The second-order valence-corrected chi connectivity index (χ2v) is 8.79. The van der Waals surface area contributed by atoms with Gasteiger partial charge in [-0.15, -0.1) is 11.3 Å². The molecule has 0 bridgehead atoms. The van der Waals surface area contributed by atoms with Crippen molar-refractivity contribution in [2.75, 3.05) is 45.3 Å². The van der Waals surface area contributed by atoms with E-state index in [0.717, 1.165) is 43.4 Å². The second kappa shape index (κ2) is 10.1.